The molecule has 2 heterocycles. The average Bonchev–Trinajstić information content (AvgIpc) is 2.76. The Morgan fingerprint density at radius 1 is 1.62 bits per heavy atom. The largest absolute Gasteiger partial charge is 0.368 e. The molecule has 1 aromatic heterocycles. The molecule has 1 atom stereocenters. The number of aromatic nitrogens is 2. The normalized spacial score (nSPS) is 20.4. The zero-order valence-electron chi connectivity index (χ0n) is 9.28. The molecule has 1 aliphatic heterocycles. The van der Waals surface area contributed by atoms with E-state index in [9.17, 15) is 0 Å². The van der Waals surface area contributed by atoms with E-state index in [4.69, 9.17) is 17.3 Å². The number of anilines is 2. The molecule has 0 saturated carbocycles. The van der Waals surface area contributed by atoms with Crippen LogP contribution in [0.2, 0.25) is 0 Å². The number of likely N-dealkylation sites (N-methyl/N-ethyl adjacent to an activating group) is 1. The van der Waals surface area contributed by atoms with Crippen molar-refractivity contribution in [3.8, 4) is 0 Å². The van der Waals surface area contributed by atoms with Crippen molar-refractivity contribution in [3.05, 3.63) is 11.8 Å². The predicted molar refractivity (Wildman–Crippen MR) is 65.7 cm³/mol. The summed E-state index contributed by atoms with van der Waals surface area (Å²) in [6, 6.07) is 2.43. The molecule has 3 N–H and O–H groups in total. The van der Waals surface area contributed by atoms with Gasteiger partial charge in [0.15, 0.2) is 0 Å². The van der Waals surface area contributed by atoms with E-state index in [1.54, 1.807) is 0 Å². The third kappa shape index (κ3) is 2.36. The van der Waals surface area contributed by atoms with Crippen molar-refractivity contribution in [2.75, 3.05) is 30.8 Å². The third-order valence-corrected chi connectivity index (χ3v) is 3.11. The molecule has 0 aliphatic carbocycles. The van der Waals surface area contributed by atoms with Crippen LogP contribution in [0.25, 0.3) is 0 Å². The van der Waals surface area contributed by atoms with Crippen LogP contribution in [0.15, 0.2) is 6.07 Å². The summed E-state index contributed by atoms with van der Waals surface area (Å²) in [4.78, 5) is 10.5. The highest BCUT2D eigenvalue weighted by molar-refractivity contribution is 6.16. The first-order chi connectivity index (χ1) is 7.72. The van der Waals surface area contributed by atoms with Crippen LogP contribution in [0.3, 0.4) is 0 Å². The molecule has 1 fully saturated rings. The fourth-order valence-corrected chi connectivity index (χ4v) is 2.07. The Morgan fingerprint density at radius 3 is 3.06 bits per heavy atom. The monoisotopic (exact) mass is 241 g/mol. The highest BCUT2D eigenvalue weighted by Crippen LogP contribution is 2.20. The summed E-state index contributed by atoms with van der Waals surface area (Å²) in [6.07, 6.45) is 1.12. The van der Waals surface area contributed by atoms with E-state index >= 15 is 0 Å². The molecule has 1 aliphatic rings. The minimum atomic E-state index is 0.293. The number of halogens is 1. The Morgan fingerprint density at radius 2 is 2.44 bits per heavy atom. The van der Waals surface area contributed by atoms with Gasteiger partial charge in [0.05, 0.1) is 11.6 Å². The summed E-state index contributed by atoms with van der Waals surface area (Å²) in [5.74, 6) is 1.53. The Balaban J connectivity index is 2.17. The van der Waals surface area contributed by atoms with Gasteiger partial charge in [-0.1, -0.05) is 0 Å². The van der Waals surface area contributed by atoms with Crippen molar-refractivity contribution in [3.63, 3.8) is 0 Å². The van der Waals surface area contributed by atoms with E-state index in [1.165, 1.54) is 0 Å². The molecule has 1 aromatic rings. The average molecular weight is 242 g/mol. The second-order valence-corrected chi connectivity index (χ2v) is 4.20. The van der Waals surface area contributed by atoms with Crippen LogP contribution in [-0.2, 0) is 5.88 Å². The highest BCUT2D eigenvalue weighted by Gasteiger charge is 2.22. The van der Waals surface area contributed by atoms with E-state index in [1.807, 2.05) is 13.1 Å². The summed E-state index contributed by atoms with van der Waals surface area (Å²) < 4.78 is 0. The maximum absolute atomic E-state index is 5.76. The van der Waals surface area contributed by atoms with Crippen LogP contribution < -0.4 is 16.0 Å². The molecule has 0 spiro atoms. The van der Waals surface area contributed by atoms with Gasteiger partial charge in [0.2, 0.25) is 5.95 Å². The van der Waals surface area contributed by atoms with Crippen LogP contribution in [0, 0.1) is 0 Å². The Hall–Kier alpha value is -1.07. The lowest BCUT2D eigenvalue weighted by Crippen LogP contribution is -2.30. The summed E-state index contributed by atoms with van der Waals surface area (Å²) in [7, 11) is 1.98. The van der Waals surface area contributed by atoms with Crippen molar-refractivity contribution in [1.82, 2.24) is 15.3 Å². The molecule has 0 unspecified atom stereocenters. The van der Waals surface area contributed by atoms with Crippen LogP contribution >= 0.6 is 11.6 Å². The van der Waals surface area contributed by atoms with Gasteiger partial charge in [-0.25, -0.2) is 4.98 Å². The van der Waals surface area contributed by atoms with Gasteiger partial charge in [-0.3, -0.25) is 0 Å². The first-order valence-corrected chi connectivity index (χ1v) is 5.88. The molecule has 0 aromatic carbocycles. The molecule has 16 heavy (non-hydrogen) atoms. The van der Waals surface area contributed by atoms with Crippen LogP contribution in [0.5, 0.6) is 0 Å². The topological polar surface area (TPSA) is 67.1 Å². The predicted octanol–water partition coefficient (Wildman–Crippen LogP) is 0.596. The number of nitrogen functional groups attached to an aromatic ring is 1. The minimum absolute atomic E-state index is 0.293. The van der Waals surface area contributed by atoms with E-state index in [2.05, 4.69) is 20.2 Å². The van der Waals surface area contributed by atoms with Gasteiger partial charge in [-0.05, 0) is 13.5 Å². The minimum Gasteiger partial charge on any atom is -0.368 e. The van der Waals surface area contributed by atoms with Gasteiger partial charge < -0.3 is 16.0 Å². The Bertz CT molecular complexity index is 370. The summed E-state index contributed by atoms with van der Waals surface area (Å²) >= 11 is 5.76. The lowest BCUT2D eigenvalue weighted by molar-refractivity contribution is 0.616. The van der Waals surface area contributed by atoms with Crippen molar-refractivity contribution < 1.29 is 0 Å². The molecule has 6 heteroatoms. The van der Waals surface area contributed by atoms with Gasteiger partial charge in [0, 0.05) is 25.2 Å². The first-order valence-electron chi connectivity index (χ1n) is 5.34. The van der Waals surface area contributed by atoms with Gasteiger partial charge >= 0.3 is 0 Å². The SMILES string of the molecule is CN[C@@H]1CCN(c2cc(CCl)nc(N)n2)C1. The summed E-state index contributed by atoms with van der Waals surface area (Å²) in [6.45, 7) is 1.94. The Kier molecular flexibility index (Phi) is 3.46. The molecule has 5 nitrogen and oxygen atoms in total. The number of hydrogen-bond donors (Lipinski definition) is 2. The fourth-order valence-electron chi connectivity index (χ4n) is 1.94. The zero-order chi connectivity index (χ0) is 11.5. The maximum Gasteiger partial charge on any atom is 0.222 e. The second-order valence-electron chi connectivity index (χ2n) is 3.93. The number of nitrogens with one attached hydrogen (secondary N) is 1. The second kappa shape index (κ2) is 4.84. The van der Waals surface area contributed by atoms with Crippen LogP contribution in [0.1, 0.15) is 12.1 Å². The van der Waals surface area contributed by atoms with Crippen molar-refractivity contribution in [2.24, 2.45) is 0 Å². The molecular formula is C10H16ClN5. The molecule has 0 bridgehead atoms. The third-order valence-electron chi connectivity index (χ3n) is 2.84. The van der Waals surface area contributed by atoms with Gasteiger partial charge in [0.25, 0.3) is 0 Å². The molecule has 0 amide bonds. The smallest absolute Gasteiger partial charge is 0.222 e. The van der Waals surface area contributed by atoms with E-state index in [0.29, 0.717) is 17.9 Å². The quantitative estimate of drug-likeness (QED) is 0.759. The van der Waals surface area contributed by atoms with Crippen molar-refractivity contribution in [2.45, 2.75) is 18.3 Å². The van der Waals surface area contributed by atoms with Gasteiger partial charge in [-0.2, -0.15) is 4.98 Å². The van der Waals surface area contributed by atoms with E-state index in [0.717, 1.165) is 31.0 Å². The van der Waals surface area contributed by atoms with Gasteiger partial charge in [0.1, 0.15) is 5.82 Å². The number of alkyl halides is 1. The molecule has 0 radical (unpaired) electrons. The zero-order valence-corrected chi connectivity index (χ0v) is 10.0. The molecule has 2 rings (SSSR count). The lowest BCUT2D eigenvalue weighted by Gasteiger charge is -2.18. The van der Waals surface area contributed by atoms with E-state index in [-0.39, 0.29) is 0 Å². The Labute approximate surface area is 100 Å². The highest BCUT2D eigenvalue weighted by atomic mass is 35.5. The summed E-state index contributed by atoms with van der Waals surface area (Å²) in [5.41, 5.74) is 6.42. The maximum atomic E-state index is 5.76. The molecular weight excluding hydrogens is 226 g/mol. The van der Waals surface area contributed by atoms with E-state index < -0.39 is 0 Å². The van der Waals surface area contributed by atoms with Crippen molar-refractivity contribution >= 4 is 23.4 Å². The van der Waals surface area contributed by atoms with Crippen LogP contribution in [-0.4, -0.2) is 36.1 Å². The van der Waals surface area contributed by atoms with Crippen LogP contribution in [0.4, 0.5) is 11.8 Å². The van der Waals surface area contributed by atoms with Gasteiger partial charge in [-0.15, -0.1) is 11.6 Å². The standard InChI is InChI=1S/C10H16ClN5/c1-13-7-2-3-16(6-7)9-4-8(5-11)14-10(12)15-9/h4,7,13H,2-3,5-6H2,1H3,(H2,12,14,15)/t7-/m1/s1. The summed E-state index contributed by atoms with van der Waals surface area (Å²) in [5, 5.41) is 3.26. The number of nitrogens with two attached hydrogens (primary N) is 1. The number of hydrogen-bond acceptors (Lipinski definition) is 5. The molecule has 1 saturated heterocycles. The lowest BCUT2D eigenvalue weighted by atomic mass is 10.3. The number of rotatable bonds is 3. The first kappa shape index (κ1) is 11.4. The molecule has 88 valence electrons. The van der Waals surface area contributed by atoms with Crippen molar-refractivity contribution in [1.29, 1.82) is 0 Å². The fraction of sp³-hybridized carbons (Fsp3) is 0.600. The number of nitrogens with zero attached hydrogens (tertiary/aromatic N) is 3.